The van der Waals surface area contributed by atoms with Crippen LogP contribution in [0.4, 0.5) is 5.82 Å². The number of thiophene rings is 1. The number of nitrogens with two attached hydrogens (primary N) is 1. The van der Waals surface area contributed by atoms with Gasteiger partial charge >= 0.3 is 0 Å². The molecule has 4 N–H and O–H groups in total. The van der Waals surface area contributed by atoms with Crippen LogP contribution >= 0.6 is 11.3 Å². The lowest BCUT2D eigenvalue weighted by Gasteiger charge is -2.23. The topological polar surface area (TPSA) is 97.1 Å². The Balaban J connectivity index is 2.14. The van der Waals surface area contributed by atoms with Gasteiger partial charge in [0.05, 0.1) is 4.90 Å². The Labute approximate surface area is 128 Å². The number of pyridine rings is 1. The lowest BCUT2D eigenvalue weighted by molar-refractivity contribution is 0.509. The number of hydrazine groups is 1. The third-order valence-electron chi connectivity index (χ3n) is 3.08. The second kappa shape index (κ2) is 6.10. The van der Waals surface area contributed by atoms with Crippen molar-refractivity contribution in [2.75, 3.05) is 12.0 Å². The monoisotopic (exact) mass is 326 g/mol. The van der Waals surface area contributed by atoms with Crippen LogP contribution < -0.4 is 16.0 Å². The molecule has 0 aliphatic carbocycles. The molecule has 0 aromatic carbocycles. The van der Waals surface area contributed by atoms with Crippen molar-refractivity contribution in [3.8, 4) is 0 Å². The van der Waals surface area contributed by atoms with Crippen LogP contribution in [0, 0.1) is 0 Å². The molecule has 0 saturated carbocycles. The van der Waals surface area contributed by atoms with Crippen molar-refractivity contribution in [3.05, 3.63) is 40.7 Å². The van der Waals surface area contributed by atoms with Crippen LogP contribution in [0.15, 0.2) is 40.7 Å². The van der Waals surface area contributed by atoms with E-state index in [2.05, 4.69) is 15.1 Å². The van der Waals surface area contributed by atoms with Crippen molar-refractivity contribution >= 4 is 27.2 Å². The van der Waals surface area contributed by atoms with Gasteiger partial charge in [-0.1, -0.05) is 19.9 Å². The molecule has 0 fully saturated rings. The smallest absolute Gasteiger partial charge is 0.240 e. The molecule has 0 aliphatic heterocycles. The van der Waals surface area contributed by atoms with Gasteiger partial charge in [-0.25, -0.2) is 24.0 Å². The van der Waals surface area contributed by atoms with Gasteiger partial charge in [0, 0.05) is 29.1 Å². The second-order valence-electron chi connectivity index (χ2n) is 5.21. The Morgan fingerprint density at radius 3 is 2.76 bits per heavy atom. The van der Waals surface area contributed by atoms with Crippen LogP contribution in [0.2, 0.25) is 0 Å². The minimum Gasteiger partial charge on any atom is -0.308 e. The van der Waals surface area contributed by atoms with E-state index in [9.17, 15) is 8.42 Å². The number of hydrogen-bond donors (Lipinski definition) is 3. The molecule has 114 valence electrons. The Bertz CT molecular complexity index is 697. The molecule has 2 rings (SSSR count). The number of nitrogens with zero attached hydrogens (tertiary/aromatic N) is 1. The zero-order chi connectivity index (χ0) is 15.5. The maximum Gasteiger partial charge on any atom is 0.240 e. The van der Waals surface area contributed by atoms with Gasteiger partial charge < -0.3 is 5.43 Å². The highest BCUT2D eigenvalue weighted by Gasteiger charge is 2.25. The van der Waals surface area contributed by atoms with Crippen LogP contribution in [0.5, 0.6) is 0 Å². The fourth-order valence-corrected chi connectivity index (χ4v) is 3.84. The molecule has 6 nitrogen and oxygen atoms in total. The van der Waals surface area contributed by atoms with Crippen LogP contribution in [-0.4, -0.2) is 19.9 Å². The minimum absolute atomic E-state index is 0.132. The summed E-state index contributed by atoms with van der Waals surface area (Å²) in [6, 6.07) is 6.78. The molecular formula is C13H18N4O2S2. The Morgan fingerprint density at radius 1 is 1.38 bits per heavy atom. The molecule has 21 heavy (non-hydrogen) atoms. The van der Waals surface area contributed by atoms with Crippen LogP contribution in [0.25, 0.3) is 0 Å². The van der Waals surface area contributed by atoms with E-state index >= 15 is 0 Å². The first kappa shape index (κ1) is 15.9. The molecule has 0 aliphatic rings. The first-order valence-electron chi connectivity index (χ1n) is 6.31. The van der Waals surface area contributed by atoms with Crippen LogP contribution in [0.1, 0.15) is 18.7 Å². The van der Waals surface area contributed by atoms with Gasteiger partial charge in [-0.05, 0) is 17.5 Å². The van der Waals surface area contributed by atoms with Gasteiger partial charge in [0.25, 0.3) is 0 Å². The average Bonchev–Trinajstić information content (AvgIpc) is 3.01. The van der Waals surface area contributed by atoms with E-state index in [0.29, 0.717) is 12.4 Å². The highest BCUT2D eigenvalue weighted by atomic mass is 32.2. The second-order valence-corrected chi connectivity index (χ2v) is 7.92. The van der Waals surface area contributed by atoms with Gasteiger partial charge in [-0.3, -0.25) is 0 Å². The highest BCUT2D eigenvalue weighted by molar-refractivity contribution is 7.89. The molecular weight excluding hydrogens is 308 g/mol. The lowest BCUT2D eigenvalue weighted by atomic mass is 9.92. The van der Waals surface area contributed by atoms with Crippen molar-refractivity contribution in [1.82, 2.24) is 9.71 Å². The minimum atomic E-state index is -3.60. The molecule has 2 aromatic rings. The molecule has 8 heteroatoms. The molecule has 0 saturated heterocycles. The van der Waals surface area contributed by atoms with E-state index < -0.39 is 10.0 Å². The first-order chi connectivity index (χ1) is 9.85. The third kappa shape index (κ3) is 3.79. The number of anilines is 1. The molecule has 0 unspecified atom stereocenters. The predicted molar refractivity (Wildman–Crippen MR) is 84.6 cm³/mol. The molecule has 2 heterocycles. The zero-order valence-corrected chi connectivity index (χ0v) is 13.5. The van der Waals surface area contributed by atoms with Gasteiger partial charge in [0.1, 0.15) is 5.82 Å². The summed E-state index contributed by atoms with van der Waals surface area (Å²) in [6.45, 7) is 4.31. The van der Waals surface area contributed by atoms with Crippen LogP contribution in [-0.2, 0) is 15.4 Å². The standard InChI is InChI=1S/C13H18N4O2S2/c1-13(2,11-4-3-7-20-11)9-16-21(18,19)10-5-6-15-12(8-10)17-14/h3-8,16H,9,14H2,1-2H3,(H,15,17). The number of aromatic nitrogens is 1. The SMILES string of the molecule is CC(C)(CNS(=O)(=O)c1ccnc(NN)c1)c1cccs1. The number of nitrogens with one attached hydrogen (secondary N) is 2. The van der Waals surface area contributed by atoms with E-state index in [-0.39, 0.29) is 10.3 Å². The van der Waals surface area contributed by atoms with E-state index in [1.807, 2.05) is 31.4 Å². The number of hydrogen-bond acceptors (Lipinski definition) is 6. The molecule has 0 spiro atoms. The van der Waals surface area contributed by atoms with Crippen molar-refractivity contribution in [2.24, 2.45) is 5.84 Å². The largest absolute Gasteiger partial charge is 0.308 e. The third-order valence-corrected chi connectivity index (χ3v) is 5.72. The zero-order valence-electron chi connectivity index (χ0n) is 11.8. The maximum absolute atomic E-state index is 12.3. The Kier molecular flexibility index (Phi) is 4.62. The van der Waals surface area contributed by atoms with Gasteiger partial charge in [-0.2, -0.15) is 0 Å². The number of rotatable bonds is 6. The summed E-state index contributed by atoms with van der Waals surface area (Å²) in [5.74, 6) is 5.54. The summed E-state index contributed by atoms with van der Waals surface area (Å²) < 4.78 is 27.3. The molecule has 0 bridgehead atoms. The fraction of sp³-hybridized carbons (Fsp3) is 0.308. The molecule has 0 radical (unpaired) electrons. The van der Waals surface area contributed by atoms with E-state index in [4.69, 9.17) is 5.84 Å². The lowest BCUT2D eigenvalue weighted by Crippen LogP contribution is -2.36. The summed E-state index contributed by atoms with van der Waals surface area (Å²) in [5, 5.41) is 1.98. The molecule has 0 atom stereocenters. The maximum atomic E-state index is 12.3. The van der Waals surface area contributed by atoms with Gasteiger partial charge in [0.2, 0.25) is 10.0 Å². The fourth-order valence-electron chi connectivity index (χ4n) is 1.77. The van der Waals surface area contributed by atoms with E-state index in [1.165, 1.54) is 18.3 Å². The van der Waals surface area contributed by atoms with Crippen molar-refractivity contribution in [1.29, 1.82) is 0 Å². The first-order valence-corrected chi connectivity index (χ1v) is 8.68. The summed E-state index contributed by atoms with van der Waals surface area (Å²) in [7, 11) is -3.60. The summed E-state index contributed by atoms with van der Waals surface area (Å²) in [4.78, 5) is 5.16. The number of sulfonamides is 1. The van der Waals surface area contributed by atoms with E-state index in [1.54, 1.807) is 11.3 Å². The Hall–Kier alpha value is -1.48. The quantitative estimate of drug-likeness (QED) is 0.554. The summed E-state index contributed by atoms with van der Waals surface area (Å²) in [5.41, 5.74) is 2.06. The molecule has 0 amide bonds. The number of nitrogen functional groups attached to an aromatic ring is 1. The molecule has 2 aromatic heterocycles. The van der Waals surface area contributed by atoms with Crippen LogP contribution in [0.3, 0.4) is 0 Å². The Morgan fingerprint density at radius 2 is 2.14 bits per heavy atom. The van der Waals surface area contributed by atoms with Crippen molar-refractivity contribution < 1.29 is 8.42 Å². The van der Waals surface area contributed by atoms with E-state index in [0.717, 1.165) is 4.88 Å². The highest BCUT2D eigenvalue weighted by Crippen LogP contribution is 2.27. The average molecular weight is 326 g/mol. The van der Waals surface area contributed by atoms with Gasteiger partial charge in [-0.15, -0.1) is 11.3 Å². The predicted octanol–water partition coefficient (Wildman–Crippen LogP) is 1.68. The normalized spacial score (nSPS) is 12.3. The van der Waals surface area contributed by atoms with Crippen molar-refractivity contribution in [2.45, 2.75) is 24.2 Å². The van der Waals surface area contributed by atoms with Gasteiger partial charge in [0.15, 0.2) is 0 Å². The summed E-state index contributed by atoms with van der Waals surface area (Å²) >= 11 is 1.61. The summed E-state index contributed by atoms with van der Waals surface area (Å²) in [6.07, 6.45) is 1.40. The van der Waals surface area contributed by atoms with Crippen molar-refractivity contribution in [3.63, 3.8) is 0 Å².